The van der Waals surface area contributed by atoms with Gasteiger partial charge in [-0.05, 0) is 33.8 Å². The van der Waals surface area contributed by atoms with Crippen LogP contribution in [0.2, 0.25) is 0 Å². The molecular weight excluding hydrogens is 298 g/mol. The van der Waals surface area contributed by atoms with Crippen LogP contribution in [-0.2, 0) is 23.9 Å². The number of esters is 2. The van der Waals surface area contributed by atoms with Crippen molar-refractivity contribution in [2.75, 3.05) is 13.1 Å². The first-order valence-corrected chi connectivity index (χ1v) is 7.22. The van der Waals surface area contributed by atoms with Gasteiger partial charge >= 0.3 is 11.9 Å². The first-order chi connectivity index (χ1) is 10.6. The predicted octanol–water partition coefficient (Wildman–Crippen LogP) is 2.02. The molecule has 2 unspecified atom stereocenters. The van der Waals surface area contributed by atoms with E-state index in [1.807, 2.05) is 0 Å². The van der Waals surface area contributed by atoms with Gasteiger partial charge in [0, 0.05) is 11.1 Å². The topological polar surface area (TPSA) is 72.9 Å². The molecule has 0 aliphatic rings. The number of hydrogen-bond donors (Lipinski definition) is 0. The number of nitrogens with zero attached hydrogens (tertiary/aromatic N) is 1. The second-order valence-corrected chi connectivity index (χ2v) is 5.44. The maximum absolute atomic E-state index is 11.9. The monoisotopic (exact) mass is 323 g/mol. The Morgan fingerprint density at radius 2 is 1.30 bits per heavy atom. The van der Waals surface area contributed by atoms with Crippen molar-refractivity contribution in [2.45, 2.75) is 39.9 Å². The third kappa shape index (κ3) is 7.99. The van der Waals surface area contributed by atoms with E-state index in [1.165, 1.54) is 4.90 Å². The number of carbonyl (C=O) groups is 3. The third-order valence-corrected chi connectivity index (χ3v) is 2.75. The van der Waals surface area contributed by atoms with Crippen molar-refractivity contribution in [3.05, 3.63) is 37.0 Å². The van der Waals surface area contributed by atoms with Crippen molar-refractivity contribution >= 4 is 17.8 Å². The average Bonchev–Trinajstić information content (AvgIpc) is 2.44. The summed E-state index contributed by atoms with van der Waals surface area (Å²) in [6.07, 6.45) is 0.0833. The molecule has 0 fully saturated rings. The molecule has 0 bridgehead atoms. The lowest BCUT2D eigenvalue weighted by atomic mass is 10.2. The molecule has 0 aromatic carbocycles. The third-order valence-electron chi connectivity index (χ3n) is 2.75. The lowest BCUT2D eigenvalue weighted by Crippen LogP contribution is -2.42. The molecule has 128 valence electrons. The molecule has 0 spiro atoms. The minimum Gasteiger partial charge on any atom is -0.457 e. The largest absolute Gasteiger partial charge is 0.457 e. The summed E-state index contributed by atoms with van der Waals surface area (Å²) in [6, 6.07) is 0. The summed E-state index contributed by atoms with van der Waals surface area (Å²) in [5.74, 6) is -1.39. The highest BCUT2D eigenvalue weighted by Gasteiger charge is 2.21. The quantitative estimate of drug-likeness (QED) is 0.479. The van der Waals surface area contributed by atoms with Gasteiger partial charge in [-0.1, -0.05) is 19.7 Å². The van der Waals surface area contributed by atoms with Crippen LogP contribution in [0.25, 0.3) is 0 Å². The molecule has 0 saturated carbocycles. The molecule has 0 aromatic rings. The Hall–Kier alpha value is -2.37. The normalized spacial score (nSPS) is 12.5. The van der Waals surface area contributed by atoms with Crippen LogP contribution < -0.4 is 0 Å². The second-order valence-electron chi connectivity index (χ2n) is 5.44. The van der Waals surface area contributed by atoms with Crippen LogP contribution >= 0.6 is 0 Å². The fourth-order valence-electron chi connectivity index (χ4n) is 1.65. The van der Waals surface area contributed by atoms with Gasteiger partial charge in [0.05, 0.1) is 13.1 Å². The highest BCUT2D eigenvalue weighted by molar-refractivity contribution is 5.88. The van der Waals surface area contributed by atoms with E-state index in [1.54, 1.807) is 27.7 Å². The molecule has 1 amide bonds. The molecule has 0 saturated heterocycles. The van der Waals surface area contributed by atoms with Crippen molar-refractivity contribution in [1.29, 1.82) is 0 Å². The van der Waals surface area contributed by atoms with Crippen LogP contribution in [0, 0.1) is 0 Å². The van der Waals surface area contributed by atoms with Crippen LogP contribution in [0.3, 0.4) is 0 Å². The highest BCUT2D eigenvalue weighted by atomic mass is 16.5. The summed E-state index contributed by atoms with van der Waals surface area (Å²) in [5.41, 5.74) is 0.560. The fourth-order valence-corrected chi connectivity index (χ4v) is 1.65. The predicted molar refractivity (Wildman–Crippen MR) is 87.5 cm³/mol. The Kier molecular flexibility index (Phi) is 8.62. The van der Waals surface area contributed by atoms with Crippen LogP contribution in [-0.4, -0.2) is 48.0 Å². The second kappa shape index (κ2) is 9.61. The Bertz CT molecular complexity index is 473. The van der Waals surface area contributed by atoms with Gasteiger partial charge in [0.15, 0.2) is 0 Å². The van der Waals surface area contributed by atoms with E-state index in [9.17, 15) is 14.4 Å². The number of rotatable bonds is 9. The van der Waals surface area contributed by atoms with Gasteiger partial charge in [-0.2, -0.15) is 0 Å². The van der Waals surface area contributed by atoms with Gasteiger partial charge in [0.2, 0.25) is 5.91 Å². The first kappa shape index (κ1) is 20.6. The van der Waals surface area contributed by atoms with Gasteiger partial charge in [0.1, 0.15) is 12.2 Å². The van der Waals surface area contributed by atoms with E-state index < -0.39 is 24.1 Å². The van der Waals surface area contributed by atoms with Gasteiger partial charge in [0.25, 0.3) is 0 Å². The van der Waals surface area contributed by atoms with E-state index >= 15 is 0 Å². The molecule has 6 nitrogen and oxygen atoms in total. The molecule has 0 aromatic heterocycles. The highest BCUT2D eigenvalue weighted by Crippen LogP contribution is 2.06. The zero-order valence-corrected chi connectivity index (χ0v) is 14.3. The van der Waals surface area contributed by atoms with Crippen molar-refractivity contribution < 1.29 is 23.9 Å². The Morgan fingerprint density at radius 1 is 0.957 bits per heavy atom. The van der Waals surface area contributed by atoms with Crippen molar-refractivity contribution in [2.24, 2.45) is 0 Å². The van der Waals surface area contributed by atoms with E-state index in [-0.39, 0.29) is 30.1 Å². The zero-order valence-electron chi connectivity index (χ0n) is 14.3. The molecule has 0 rings (SSSR count). The van der Waals surface area contributed by atoms with Gasteiger partial charge < -0.3 is 14.4 Å². The molecule has 0 radical (unpaired) electrons. The summed E-state index contributed by atoms with van der Waals surface area (Å²) in [5, 5.41) is 0. The van der Waals surface area contributed by atoms with Crippen LogP contribution in [0.4, 0.5) is 0 Å². The van der Waals surface area contributed by atoms with E-state index in [2.05, 4.69) is 19.7 Å². The van der Waals surface area contributed by atoms with Crippen LogP contribution in [0.1, 0.15) is 27.7 Å². The number of amides is 1. The van der Waals surface area contributed by atoms with Crippen molar-refractivity contribution in [3.8, 4) is 0 Å². The number of hydrogen-bond acceptors (Lipinski definition) is 5. The lowest BCUT2D eigenvalue weighted by molar-refractivity contribution is -0.148. The summed E-state index contributed by atoms with van der Waals surface area (Å²) in [7, 11) is 0. The number of ether oxygens (including phenoxy) is 2. The Morgan fingerprint density at radius 3 is 1.57 bits per heavy atom. The summed E-state index contributed by atoms with van der Waals surface area (Å²) in [4.78, 5) is 36.3. The first-order valence-electron chi connectivity index (χ1n) is 7.22. The molecule has 6 heteroatoms. The summed E-state index contributed by atoms with van der Waals surface area (Å²) < 4.78 is 10.3. The molecule has 2 atom stereocenters. The smallest absolute Gasteiger partial charge is 0.333 e. The van der Waals surface area contributed by atoms with E-state index in [4.69, 9.17) is 9.47 Å². The summed E-state index contributed by atoms with van der Waals surface area (Å²) in [6.45, 7) is 17.1. The SMILES string of the molecule is C=CC(=O)N(CC(C)OC(=O)C(=C)C)CC(C)OC(=O)C(=C)C. The summed E-state index contributed by atoms with van der Waals surface area (Å²) >= 11 is 0. The van der Waals surface area contributed by atoms with Crippen LogP contribution in [0.5, 0.6) is 0 Å². The molecular formula is C17H25NO5. The maximum Gasteiger partial charge on any atom is 0.333 e. The average molecular weight is 323 g/mol. The standard InChI is InChI=1S/C17H25NO5/c1-8-15(19)18(9-13(6)22-16(20)11(2)3)10-14(7)23-17(21)12(4)5/h8,13-14H,1-2,4,9-10H2,3,5-7H3. The molecule has 0 heterocycles. The fraction of sp³-hybridized carbons (Fsp3) is 0.471. The lowest BCUT2D eigenvalue weighted by Gasteiger charge is -2.27. The van der Waals surface area contributed by atoms with Gasteiger partial charge in [-0.25, -0.2) is 9.59 Å². The molecule has 23 heavy (non-hydrogen) atoms. The van der Waals surface area contributed by atoms with Crippen LogP contribution in [0.15, 0.2) is 37.0 Å². The van der Waals surface area contributed by atoms with E-state index in [0.717, 1.165) is 6.08 Å². The minimum atomic E-state index is -0.535. The Balaban J connectivity index is 4.76. The van der Waals surface area contributed by atoms with Gasteiger partial charge in [-0.3, -0.25) is 4.79 Å². The number of carbonyl (C=O) groups excluding carboxylic acids is 3. The minimum absolute atomic E-state index is 0.152. The van der Waals surface area contributed by atoms with Crippen molar-refractivity contribution in [3.63, 3.8) is 0 Å². The molecule has 0 N–H and O–H groups in total. The molecule has 0 aliphatic heterocycles. The maximum atomic E-state index is 11.9. The zero-order chi connectivity index (χ0) is 18.2. The van der Waals surface area contributed by atoms with Gasteiger partial charge in [-0.15, -0.1) is 0 Å². The van der Waals surface area contributed by atoms with E-state index in [0.29, 0.717) is 0 Å². The molecule has 0 aliphatic carbocycles. The Labute approximate surface area is 137 Å². The van der Waals surface area contributed by atoms with Crippen molar-refractivity contribution in [1.82, 2.24) is 4.90 Å².